The monoisotopic (exact) mass is 303 g/mol. The van der Waals surface area contributed by atoms with Crippen LogP contribution in [-0.2, 0) is 21.4 Å². The van der Waals surface area contributed by atoms with Crippen molar-refractivity contribution in [3.8, 4) is 0 Å². The van der Waals surface area contributed by atoms with Crippen molar-refractivity contribution < 1.29 is 13.5 Å². The Balaban J connectivity index is 1.71. The van der Waals surface area contributed by atoms with Gasteiger partial charge in [0.25, 0.3) is 0 Å². The van der Waals surface area contributed by atoms with E-state index < -0.39 is 15.6 Å². The van der Waals surface area contributed by atoms with Gasteiger partial charge in [-0.25, -0.2) is 8.42 Å². The van der Waals surface area contributed by atoms with E-state index in [2.05, 4.69) is 0 Å². The minimum Gasteiger partial charge on any atom is -0.382 e. The van der Waals surface area contributed by atoms with Crippen LogP contribution in [0, 0.1) is 0 Å². The van der Waals surface area contributed by atoms with E-state index in [-0.39, 0.29) is 18.8 Å². The third-order valence-corrected chi connectivity index (χ3v) is 5.52. The molecule has 1 N–H and O–H groups in total. The number of aliphatic hydroxyl groups is 1. The van der Waals surface area contributed by atoms with E-state index in [1.165, 1.54) is 4.31 Å². The lowest BCUT2D eigenvalue weighted by molar-refractivity contribution is -0.0649. The van der Waals surface area contributed by atoms with Gasteiger partial charge < -0.3 is 5.11 Å². The normalized spacial score (nSPS) is 18.1. The van der Waals surface area contributed by atoms with E-state index in [1.54, 1.807) is 12.1 Å². The van der Waals surface area contributed by atoms with Gasteiger partial charge in [0, 0.05) is 13.1 Å². The summed E-state index contributed by atoms with van der Waals surface area (Å²) in [6.07, 6.45) is 0. The molecular formula is C16H17NO3S. The Morgan fingerprint density at radius 1 is 0.952 bits per heavy atom. The van der Waals surface area contributed by atoms with Gasteiger partial charge in [-0.2, -0.15) is 4.31 Å². The molecule has 2 aromatic carbocycles. The lowest BCUT2D eigenvalue weighted by Gasteiger charge is -2.45. The smallest absolute Gasteiger partial charge is 0.218 e. The van der Waals surface area contributed by atoms with Crippen LogP contribution < -0.4 is 0 Å². The van der Waals surface area contributed by atoms with Crippen LogP contribution >= 0.6 is 0 Å². The van der Waals surface area contributed by atoms with E-state index in [0.29, 0.717) is 0 Å². The Hall–Kier alpha value is -1.69. The molecule has 1 aliphatic heterocycles. The van der Waals surface area contributed by atoms with Crippen LogP contribution in [0.15, 0.2) is 60.7 Å². The molecule has 1 heterocycles. The summed E-state index contributed by atoms with van der Waals surface area (Å²) in [6, 6.07) is 18.3. The van der Waals surface area contributed by atoms with Gasteiger partial charge in [-0.1, -0.05) is 60.7 Å². The zero-order valence-electron chi connectivity index (χ0n) is 11.5. The van der Waals surface area contributed by atoms with Crippen molar-refractivity contribution in [3.63, 3.8) is 0 Å². The van der Waals surface area contributed by atoms with Crippen LogP contribution in [0.4, 0.5) is 0 Å². The number of hydrogen-bond acceptors (Lipinski definition) is 3. The number of β-amino-alcohol motifs (C(OH)–C–C–N with tert-alkyl or cyclic N) is 1. The van der Waals surface area contributed by atoms with Crippen molar-refractivity contribution in [3.05, 3.63) is 71.8 Å². The van der Waals surface area contributed by atoms with Gasteiger partial charge in [0.1, 0.15) is 5.60 Å². The van der Waals surface area contributed by atoms with Crippen LogP contribution in [0.3, 0.4) is 0 Å². The second-order valence-corrected chi connectivity index (χ2v) is 7.38. The van der Waals surface area contributed by atoms with Crippen molar-refractivity contribution in [2.45, 2.75) is 11.4 Å². The summed E-state index contributed by atoms with van der Waals surface area (Å²) in [4.78, 5) is 0. The molecule has 110 valence electrons. The molecule has 0 saturated carbocycles. The third kappa shape index (κ3) is 2.85. The lowest BCUT2D eigenvalue weighted by atomic mass is 9.88. The molecule has 0 bridgehead atoms. The van der Waals surface area contributed by atoms with Gasteiger partial charge in [0.2, 0.25) is 10.0 Å². The predicted octanol–water partition coefficient (Wildman–Crippen LogP) is 1.72. The van der Waals surface area contributed by atoms with Crippen molar-refractivity contribution >= 4 is 10.0 Å². The Morgan fingerprint density at radius 3 is 2.05 bits per heavy atom. The van der Waals surface area contributed by atoms with Crippen molar-refractivity contribution in [2.75, 3.05) is 13.1 Å². The predicted molar refractivity (Wildman–Crippen MR) is 81.0 cm³/mol. The highest BCUT2D eigenvalue weighted by Crippen LogP contribution is 2.34. The molecule has 1 saturated heterocycles. The largest absolute Gasteiger partial charge is 0.382 e. The molecule has 5 heteroatoms. The van der Waals surface area contributed by atoms with Crippen molar-refractivity contribution in [2.24, 2.45) is 0 Å². The summed E-state index contributed by atoms with van der Waals surface area (Å²) in [5.41, 5.74) is 0.453. The SMILES string of the molecule is O=S(=O)(Cc1ccccc1)N1CC(O)(c2ccccc2)C1. The molecular weight excluding hydrogens is 286 g/mol. The Morgan fingerprint density at radius 2 is 1.48 bits per heavy atom. The second-order valence-electron chi connectivity index (χ2n) is 5.41. The number of rotatable bonds is 4. The topological polar surface area (TPSA) is 57.6 Å². The van der Waals surface area contributed by atoms with E-state index in [9.17, 15) is 13.5 Å². The molecule has 0 unspecified atom stereocenters. The molecule has 2 aromatic rings. The molecule has 0 spiro atoms. The molecule has 21 heavy (non-hydrogen) atoms. The molecule has 0 radical (unpaired) electrons. The Labute approximate surface area is 124 Å². The fourth-order valence-electron chi connectivity index (χ4n) is 2.54. The summed E-state index contributed by atoms with van der Waals surface area (Å²) in [6.45, 7) is 0.234. The van der Waals surface area contributed by atoms with E-state index in [0.717, 1.165) is 11.1 Å². The average Bonchev–Trinajstić information content (AvgIpc) is 2.45. The standard InChI is InChI=1S/C16H17NO3S/c18-16(15-9-5-2-6-10-15)12-17(13-16)21(19,20)11-14-7-3-1-4-8-14/h1-10,18H,11-13H2. The first kappa shape index (κ1) is 14.3. The highest BCUT2D eigenvalue weighted by atomic mass is 32.2. The first-order chi connectivity index (χ1) is 10.00. The molecule has 0 amide bonds. The average molecular weight is 303 g/mol. The fraction of sp³-hybridized carbons (Fsp3) is 0.250. The second kappa shape index (κ2) is 5.26. The number of sulfonamides is 1. The fourth-order valence-corrected chi connectivity index (χ4v) is 4.16. The summed E-state index contributed by atoms with van der Waals surface area (Å²) in [5, 5.41) is 10.5. The maximum atomic E-state index is 12.3. The molecule has 1 aliphatic rings. The first-order valence-corrected chi connectivity index (χ1v) is 8.40. The van der Waals surface area contributed by atoms with Gasteiger partial charge in [-0.15, -0.1) is 0 Å². The summed E-state index contributed by atoms with van der Waals surface area (Å²) < 4.78 is 26.0. The minimum absolute atomic E-state index is 0.0291. The van der Waals surface area contributed by atoms with Crippen LogP contribution in [-0.4, -0.2) is 30.9 Å². The number of benzene rings is 2. The van der Waals surface area contributed by atoms with E-state index >= 15 is 0 Å². The summed E-state index contributed by atoms with van der Waals surface area (Å²) in [5.74, 6) is -0.0291. The van der Waals surface area contributed by atoms with Gasteiger partial charge in [0.15, 0.2) is 0 Å². The number of nitrogens with zero attached hydrogens (tertiary/aromatic N) is 1. The van der Waals surface area contributed by atoms with E-state index in [4.69, 9.17) is 0 Å². The molecule has 3 rings (SSSR count). The van der Waals surface area contributed by atoms with Gasteiger partial charge in [-0.3, -0.25) is 0 Å². The van der Waals surface area contributed by atoms with Crippen LogP contribution in [0.5, 0.6) is 0 Å². The highest BCUT2D eigenvalue weighted by Gasteiger charge is 2.47. The van der Waals surface area contributed by atoms with Crippen LogP contribution in [0.25, 0.3) is 0 Å². The molecule has 4 nitrogen and oxygen atoms in total. The zero-order chi connectivity index (χ0) is 14.9. The zero-order valence-corrected chi connectivity index (χ0v) is 12.3. The van der Waals surface area contributed by atoms with Gasteiger partial charge in [-0.05, 0) is 11.1 Å². The lowest BCUT2D eigenvalue weighted by Crippen LogP contribution is -2.61. The third-order valence-electron chi connectivity index (χ3n) is 3.77. The Bertz CT molecular complexity index is 708. The Kier molecular flexibility index (Phi) is 3.57. The van der Waals surface area contributed by atoms with E-state index in [1.807, 2.05) is 48.5 Å². The van der Waals surface area contributed by atoms with Gasteiger partial charge >= 0.3 is 0 Å². The minimum atomic E-state index is -3.38. The summed E-state index contributed by atoms with van der Waals surface area (Å²) in [7, 11) is -3.38. The van der Waals surface area contributed by atoms with Crippen molar-refractivity contribution in [1.29, 1.82) is 0 Å². The maximum absolute atomic E-state index is 12.3. The molecule has 0 atom stereocenters. The highest BCUT2D eigenvalue weighted by molar-refractivity contribution is 7.88. The van der Waals surface area contributed by atoms with Gasteiger partial charge in [0.05, 0.1) is 5.75 Å². The van der Waals surface area contributed by atoms with Crippen LogP contribution in [0.2, 0.25) is 0 Å². The van der Waals surface area contributed by atoms with Crippen molar-refractivity contribution in [1.82, 2.24) is 4.31 Å². The molecule has 1 fully saturated rings. The quantitative estimate of drug-likeness (QED) is 0.935. The summed E-state index contributed by atoms with van der Waals surface area (Å²) >= 11 is 0. The molecule has 0 aromatic heterocycles. The molecule has 0 aliphatic carbocycles. The first-order valence-electron chi connectivity index (χ1n) is 6.79. The number of hydrogen-bond donors (Lipinski definition) is 1. The van der Waals surface area contributed by atoms with Crippen LogP contribution in [0.1, 0.15) is 11.1 Å². The maximum Gasteiger partial charge on any atom is 0.218 e.